The normalized spacial score (nSPS) is 11.5. The Bertz CT molecular complexity index is 4000. The molecule has 0 aliphatic rings. The summed E-state index contributed by atoms with van der Waals surface area (Å²) in [6, 6.07) is 97.4. The fourth-order valence-corrected chi connectivity index (χ4v) is 10.7. The van der Waals surface area contributed by atoms with E-state index in [-0.39, 0.29) is 0 Å². The summed E-state index contributed by atoms with van der Waals surface area (Å²) >= 11 is 0. The van der Waals surface area contributed by atoms with Gasteiger partial charge in [-0.2, -0.15) is 0 Å². The summed E-state index contributed by atoms with van der Waals surface area (Å²) in [6.45, 7) is 0. The average molecular weight is 865 g/mol. The molecule has 0 spiro atoms. The van der Waals surface area contributed by atoms with Crippen LogP contribution in [0.1, 0.15) is 0 Å². The number of para-hydroxylation sites is 1. The zero-order valence-corrected chi connectivity index (χ0v) is 37.3. The minimum absolute atomic E-state index is 1.08. The van der Waals surface area contributed by atoms with Gasteiger partial charge in [0.05, 0.1) is 11.0 Å². The van der Waals surface area contributed by atoms with Crippen LogP contribution < -0.4 is 4.90 Å². The van der Waals surface area contributed by atoms with Crippen molar-refractivity contribution in [1.82, 2.24) is 4.57 Å². The van der Waals surface area contributed by atoms with Gasteiger partial charge in [0.25, 0.3) is 0 Å². The summed E-state index contributed by atoms with van der Waals surface area (Å²) in [7, 11) is 0. The molecule has 0 radical (unpaired) electrons. The van der Waals surface area contributed by atoms with Gasteiger partial charge < -0.3 is 9.47 Å². The second-order valence-electron chi connectivity index (χ2n) is 17.6. The lowest BCUT2D eigenvalue weighted by atomic mass is 9.93. The Balaban J connectivity index is 0.982. The van der Waals surface area contributed by atoms with Gasteiger partial charge in [0, 0.05) is 33.5 Å². The van der Waals surface area contributed by atoms with E-state index in [1.54, 1.807) is 0 Å². The maximum atomic E-state index is 2.43. The predicted octanol–water partition coefficient (Wildman–Crippen LogP) is 18.4. The van der Waals surface area contributed by atoms with Gasteiger partial charge in [-0.25, -0.2) is 0 Å². The molecule has 0 amide bonds. The fraction of sp³-hybridized carbons (Fsp3) is 0. The van der Waals surface area contributed by atoms with Gasteiger partial charge in [-0.1, -0.05) is 200 Å². The summed E-state index contributed by atoms with van der Waals surface area (Å²) in [5.74, 6) is 0. The molecule has 0 bridgehead atoms. The Labute approximate surface area is 395 Å². The van der Waals surface area contributed by atoms with Crippen LogP contribution >= 0.6 is 0 Å². The van der Waals surface area contributed by atoms with Gasteiger partial charge in [-0.15, -0.1) is 0 Å². The van der Waals surface area contributed by atoms with E-state index in [1.807, 2.05) is 0 Å². The van der Waals surface area contributed by atoms with Gasteiger partial charge in [-0.3, -0.25) is 0 Å². The van der Waals surface area contributed by atoms with Crippen LogP contribution in [0.3, 0.4) is 0 Å². The molecule has 318 valence electrons. The van der Waals surface area contributed by atoms with E-state index in [4.69, 9.17) is 0 Å². The molecule has 13 aromatic rings. The van der Waals surface area contributed by atoms with Gasteiger partial charge >= 0.3 is 0 Å². The fourth-order valence-electron chi connectivity index (χ4n) is 10.7. The largest absolute Gasteiger partial charge is 0.310 e. The lowest BCUT2D eigenvalue weighted by Crippen LogP contribution is -2.10. The first-order valence-corrected chi connectivity index (χ1v) is 23.4. The SMILES string of the molecule is c1ccc(-c2ccccc2-c2ccc(N(c3ccc(-c4cc5ccccc5c5ccccc45)cc3)c3cccc(-c4cccc5c4c4c6ccccc6ccc4n5-c4ccccc4)c3)cc2)cc1. The Hall–Kier alpha value is -8.98. The molecular weight excluding hydrogens is 821 g/mol. The summed E-state index contributed by atoms with van der Waals surface area (Å²) in [5.41, 5.74) is 16.4. The van der Waals surface area contributed by atoms with E-state index < -0.39 is 0 Å². The maximum Gasteiger partial charge on any atom is 0.0547 e. The highest BCUT2D eigenvalue weighted by atomic mass is 15.1. The van der Waals surface area contributed by atoms with Crippen molar-refractivity contribution in [2.75, 3.05) is 4.90 Å². The third-order valence-corrected chi connectivity index (χ3v) is 13.8. The van der Waals surface area contributed by atoms with Crippen LogP contribution in [-0.2, 0) is 0 Å². The van der Waals surface area contributed by atoms with Crippen molar-refractivity contribution >= 4 is 71.2 Å². The second kappa shape index (κ2) is 16.5. The molecule has 0 saturated heterocycles. The summed E-state index contributed by atoms with van der Waals surface area (Å²) in [6.07, 6.45) is 0. The molecule has 0 saturated carbocycles. The number of hydrogen-bond acceptors (Lipinski definition) is 1. The first kappa shape index (κ1) is 39.4. The molecule has 1 aromatic heterocycles. The maximum absolute atomic E-state index is 2.43. The van der Waals surface area contributed by atoms with Crippen LogP contribution in [0, 0.1) is 0 Å². The van der Waals surface area contributed by atoms with Crippen molar-refractivity contribution in [2.45, 2.75) is 0 Å². The molecule has 2 heteroatoms. The highest BCUT2D eigenvalue weighted by Crippen LogP contribution is 2.45. The van der Waals surface area contributed by atoms with Gasteiger partial charge in [0.1, 0.15) is 0 Å². The van der Waals surface area contributed by atoms with E-state index in [0.717, 1.165) is 28.3 Å². The number of nitrogens with zero attached hydrogens (tertiary/aromatic N) is 2. The number of anilines is 3. The van der Waals surface area contributed by atoms with Crippen LogP contribution in [0.15, 0.2) is 267 Å². The van der Waals surface area contributed by atoms with E-state index >= 15 is 0 Å². The van der Waals surface area contributed by atoms with Gasteiger partial charge in [-0.05, 0) is 144 Å². The third-order valence-electron chi connectivity index (χ3n) is 13.8. The molecule has 0 atom stereocenters. The highest BCUT2D eigenvalue weighted by Gasteiger charge is 2.21. The first-order valence-electron chi connectivity index (χ1n) is 23.4. The van der Waals surface area contributed by atoms with Crippen molar-refractivity contribution in [3.8, 4) is 50.2 Å². The van der Waals surface area contributed by atoms with Gasteiger partial charge in [0.15, 0.2) is 0 Å². The topological polar surface area (TPSA) is 8.17 Å². The zero-order chi connectivity index (χ0) is 45.0. The molecule has 13 rings (SSSR count). The van der Waals surface area contributed by atoms with E-state index in [2.05, 4.69) is 276 Å². The van der Waals surface area contributed by atoms with E-state index in [9.17, 15) is 0 Å². The Kier molecular flexibility index (Phi) is 9.54. The van der Waals surface area contributed by atoms with Crippen LogP contribution in [-0.4, -0.2) is 4.57 Å². The minimum Gasteiger partial charge on any atom is -0.310 e. The quantitative estimate of drug-likeness (QED) is 0.138. The minimum atomic E-state index is 1.08. The molecule has 0 N–H and O–H groups in total. The van der Waals surface area contributed by atoms with Crippen LogP contribution in [0.25, 0.3) is 104 Å². The van der Waals surface area contributed by atoms with Crippen LogP contribution in [0.4, 0.5) is 17.1 Å². The molecule has 12 aromatic carbocycles. The zero-order valence-electron chi connectivity index (χ0n) is 37.3. The molecular formula is C66H44N2. The molecule has 1 heterocycles. The summed E-state index contributed by atoms with van der Waals surface area (Å²) in [4.78, 5) is 2.40. The van der Waals surface area contributed by atoms with Crippen molar-refractivity contribution in [1.29, 1.82) is 0 Å². The number of aromatic nitrogens is 1. The summed E-state index contributed by atoms with van der Waals surface area (Å²) < 4.78 is 2.43. The number of fused-ring (bicyclic) bond motifs is 8. The van der Waals surface area contributed by atoms with Crippen molar-refractivity contribution in [3.63, 3.8) is 0 Å². The lowest BCUT2D eigenvalue weighted by molar-refractivity contribution is 1.18. The predicted molar refractivity (Wildman–Crippen MR) is 290 cm³/mol. The number of rotatable bonds is 8. The molecule has 2 nitrogen and oxygen atoms in total. The number of benzene rings is 12. The average Bonchev–Trinajstić information content (AvgIpc) is 3.77. The highest BCUT2D eigenvalue weighted by molar-refractivity contribution is 6.25. The van der Waals surface area contributed by atoms with E-state index in [0.29, 0.717) is 0 Å². The second-order valence-corrected chi connectivity index (χ2v) is 17.6. The van der Waals surface area contributed by atoms with Crippen molar-refractivity contribution in [2.24, 2.45) is 0 Å². The Morgan fingerprint density at radius 2 is 0.765 bits per heavy atom. The van der Waals surface area contributed by atoms with Crippen molar-refractivity contribution < 1.29 is 0 Å². The lowest BCUT2D eigenvalue weighted by Gasteiger charge is -2.27. The standard InChI is InChI=1S/C66H44N2/c1-3-17-45(18-4-1)55-25-11-12-26-56(55)47-33-38-52(39-34-47)67(53-40-35-48(36-41-53)62-44-50-20-8-9-27-57(50)60-29-13-14-30-61(60)62)54-24-15-21-49(43-54)59-31-16-32-63-66(59)65-58-28-10-7-19-46(58)37-42-64(65)68(63)51-22-5-2-6-23-51/h1-44H. The van der Waals surface area contributed by atoms with Crippen LogP contribution in [0.5, 0.6) is 0 Å². The van der Waals surface area contributed by atoms with E-state index in [1.165, 1.54) is 93.1 Å². The molecule has 0 fully saturated rings. The molecule has 68 heavy (non-hydrogen) atoms. The molecule has 0 aliphatic heterocycles. The van der Waals surface area contributed by atoms with Crippen molar-refractivity contribution in [3.05, 3.63) is 267 Å². The van der Waals surface area contributed by atoms with Crippen LogP contribution in [0.2, 0.25) is 0 Å². The number of hydrogen-bond donors (Lipinski definition) is 0. The monoisotopic (exact) mass is 864 g/mol. The third kappa shape index (κ3) is 6.65. The Morgan fingerprint density at radius 3 is 1.49 bits per heavy atom. The van der Waals surface area contributed by atoms with Gasteiger partial charge in [0.2, 0.25) is 0 Å². The smallest absolute Gasteiger partial charge is 0.0547 e. The molecule has 0 unspecified atom stereocenters. The molecule has 0 aliphatic carbocycles. The first-order chi connectivity index (χ1) is 33.7. The Morgan fingerprint density at radius 1 is 0.250 bits per heavy atom. The summed E-state index contributed by atoms with van der Waals surface area (Å²) in [5, 5.41) is 10.0.